The fraction of sp³-hybridized carbons (Fsp3) is 0.818. The zero-order valence-corrected chi connectivity index (χ0v) is 11.8. The summed E-state index contributed by atoms with van der Waals surface area (Å²) in [4.78, 5) is 21.4. The second-order valence-corrected chi connectivity index (χ2v) is 10.3. The van der Waals surface area contributed by atoms with Crippen LogP contribution in [-0.4, -0.2) is 31.8 Å². The Kier molecular flexibility index (Phi) is 5.35. The molecule has 0 radical (unpaired) electrons. The summed E-state index contributed by atoms with van der Waals surface area (Å²) in [7, 11) is -1.81. The van der Waals surface area contributed by atoms with E-state index in [0.29, 0.717) is 6.61 Å². The molecule has 0 amide bonds. The van der Waals surface area contributed by atoms with Gasteiger partial charge in [-0.25, -0.2) is 0 Å². The molecule has 0 aromatic rings. The van der Waals surface area contributed by atoms with Gasteiger partial charge >= 0.3 is 5.97 Å². The molecule has 94 valence electrons. The van der Waals surface area contributed by atoms with Gasteiger partial charge in [0.25, 0.3) is 0 Å². The van der Waals surface area contributed by atoms with Gasteiger partial charge in [-0.15, -0.1) is 0 Å². The zero-order valence-electron chi connectivity index (χ0n) is 10.8. The van der Waals surface area contributed by atoms with Crippen molar-refractivity contribution < 1.29 is 19.1 Å². The summed E-state index contributed by atoms with van der Waals surface area (Å²) in [6.45, 7) is 10.9. The van der Waals surface area contributed by atoms with Crippen LogP contribution in [-0.2, 0) is 14.0 Å². The molecular weight excluding hydrogens is 224 g/mol. The van der Waals surface area contributed by atoms with Gasteiger partial charge in [-0.05, 0) is 18.1 Å². The van der Waals surface area contributed by atoms with Gasteiger partial charge in [-0.1, -0.05) is 20.8 Å². The molecule has 0 aliphatic carbocycles. The predicted octanol–water partition coefficient (Wildman–Crippen LogP) is 2.44. The Morgan fingerprint density at radius 3 is 2.12 bits per heavy atom. The maximum atomic E-state index is 11.1. The number of rotatable bonds is 6. The van der Waals surface area contributed by atoms with Crippen LogP contribution in [0.15, 0.2) is 0 Å². The molecule has 0 aliphatic rings. The number of hydrogen-bond acceptors (Lipinski definition) is 3. The second kappa shape index (κ2) is 5.59. The highest BCUT2D eigenvalue weighted by Crippen LogP contribution is 2.36. The third-order valence-corrected chi connectivity index (χ3v) is 7.54. The maximum absolute atomic E-state index is 11.1. The highest BCUT2D eigenvalue weighted by molar-refractivity contribution is 6.74. The number of carboxylic acids is 1. The van der Waals surface area contributed by atoms with Crippen LogP contribution in [0, 0.1) is 0 Å². The van der Waals surface area contributed by atoms with Crippen molar-refractivity contribution in [3.8, 4) is 0 Å². The van der Waals surface area contributed by atoms with E-state index >= 15 is 0 Å². The number of aliphatic carboxylic acids is 1. The number of Topliss-reactive ketones (excluding diaryl/α,β-unsaturated/α-hetero) is 1. The molecule has 0 heterocycles. The van der Waals surface area contributed by atoms with E-state index in [9.17, 15) is 9.59 Å². The van der Waals surface area contributed by atoms with Gasteiger partial charge in [-0.3, -0.25) is 9.59 Å². The summed E-state index contributed by atoms with van der Waals surface area (Å²) in [5.74, 6) is -1.34. The van der Waals surface area contributed by atoms with E-state index < -0.39 is 20.7 Å². The lowest BCUT2D eigenvalue weighted by Crippen LogP contribution is -2.41. The minimum absolute atomic E-state index is 0.114. The standard InChI is InChI=1S/C11H22O4Si/c1-11(2,3)16(4,5)15-7-6-9(12)8-10(13)14/h6-8H2,1-5H3,(H,13,14). The average Bonchev–Trinajstić information content (AvgIpc) is 1.99. The fourth-order valence-corrected chi connectivity index (χ4v) is 1.94. The van der Waals surface area contributed by atoms with Crippen LogP contribution in [0.2, 0.25) is 18.1 Å². The van der Waals surface area contributed by atoms with Crippen LogP contribution in [0.1, 0.15) is 33.6 Å². The molecule has 0 aromatic carbocycles. The fourth-order valence-electron chi connectivity index (χ4n) is 0.894. The highest BCUT2D eigenvalue weighted by Gasteiger charge is 2.36. The molecule has 0 unspecified atom stereocenters. The van der Waals surface area contributed by atoms with E-state index in [0.717, 1.165) is 0 Å². The normalized spacial score (nSPS) is 12.6. The van der Waals surface area contributed by atoms with Crippen LogP contribution >= 0.6 is 0 Å². The number of hydrogen-bond donors (Lipinski definition) is 1. The summed E-state index contributed by atoms with van der Waals surface area (Å²) >= 11 is 0. The molecule has 0 aliphatic heterocycles. The Bertz CT molecular complexity index is 266. The SMILES string of the molecule is CC(C)(C)[Si](C)(C)OCCC(=O)CC(=O)O. The smallest absolute Gasteiger partial charge is 0.310 e. The Hall–Kier alpha value is -0.683. The molecule has 1 N–H and O–H groups in total. The molecule has 4 nitrogen and oxygen atoms in total. The molecule has 0 atom stereocenters. The first-order valence-electron chi connectivity index (χ1n) is 5.44. The van der Waals surface area contributed by atoms with Gasteiger partial charge in [0.2, 0.25) is 0 Å². The van der Waals surface area contributed by atoms with Crippen LogP contribution < -0.4 is 0 Å². The number of carbonyl (C=O) groups excluding carboxylic acids is 1. The topological polar surface area (TPSA) is 63.6 Å². The van der Waals surface area contributed by atoms with E-state index in [-0.39, 0.29) is 17.2 Å². The van der Waals surface area contributed by atoms with Crippen molar-refractivity contribution in [3.63, 3.8) is 0 Å². The Labute approximate surface area is 98.1 Å². The summed E-state index contributed by atoms with van der Waals surface area (Å²) in [5.41, 5.74) is 0. The molecular formula is C11H22O4Si. The molecule has 0 saturated carbocycles. The quantitative estimate of drug-likeness (QED) is 0.577. The van der Waals surface area contributed by atoms with Crippen LogP contribution in [0.4, 0.5) is 0 Å². The van der Waals surface area contributed by atoms with Crippen molar-refractivity contribution in [1.29, 1.82) is 0 Å². The van der Waals surface area contributed by atoms with Crippen molar-refractivity contribution in [2.45, 2.75) is 51.7 Å². The van der Waals surface area contributed by atoms with Gasteiger partial charge in [0.15, 0.2) is 8.32 Å². The Morgan fingerprint density at radius 2 is 1.75 bits per heavy atom. The van der Waals surface area contributed by atoms with Crippen molar-refractivity contribution in [1.82, 2.24) is 0 Å². The molecule has 5 heteroatoms. The molecule has 16 heavy (non-hydrogen) atoms. The molecule has 0 fully saturated rings. The lowest BCUT2D eigenvalue weighted by molar-refractivity contribution is -0.140. The maximum Gasteiger partial charge on any atom is 0.310 e. The van der Waals surface area contributed by atoms with Crippen molar-refractivity contribution in [2.24, 2.45) is 0 Å². The second-order valence-electron chi connectivity index (χ2n) is 5.47. The molecule has 0 spiro atoms. The Balaban J connectivity index is 3.99. The lowest BCUT2D eigenvalue weighted by atomic mass is 10.2. The van der Waals surface area contributed by atoms with E-state index in [1.165, 1.54) is 0 Å². The summed E-state index contributed by atoms with van der Waals surface area (Å²) in [6.07, 6.45) is -0.209. The monoisotopic (exact) mass is 246 g/mol. The minimum atomic E-state index is -1.81. The van der Waals surface area contributed by atoms with Gasteiger partial charge in [0.05, 0.1) is 0 Å². The lowest BCUT2D eigenvalue weighted by Gasteiger charge is -2.36. The Morgan fingerprint density at radius 1 is 1.25 bits per heavy atom. The molecule has 0 saturated heterocycles. The van der Waals surface area contributed by atoms with E-state index in [4.69, 9.17) is 9.53 Å². The summed E-state index contributed by atoms with van der Waals surface area (Å²) < 4.78 is 5.77. The molecule has 0 aromatic heterocycles. The van der Waals surface area contributed by atoms with Crippen molar-refractivity contribution in [3.05, 3.63) is 0 Å². The highest BCUT2D eigenvalue weighted by atomic mass is 28.4. The van der Waals surface area contributed by atoms with E-state index in [1.54, 1.807) is 0 Å². The van der Waals surface area contributed by atoms with Crippen molar-refractivity contribution in [2.75, 3.05) is 6.61 Å². The van der Waals surface area contributed by atoms with Crippen LogP contribution in [0.25, 0.3) is 0 Å². The third-order valence-electron chi connectivity index (χ3n) is 3.00. The summed E-state index contributed by atoms with van der Waals surface area (Å²) in [5, 5.41) is 8.53. The first-order chi connectivity index (χ1) is 7.06. The average molecular weight is 246 g/mol. The van der Waals surface area contributed by atoms with Gasteiger partial charge in [0.1, 0.15) is 12.2 Å². The van der Waals surface area contributed by atoms with Crippen molar-refractivity contribution >= 4 is 20.1 Å². The number of carboxylic acid groups (broad SMARTS) is 1. The largest absolute Gasteiger partial charge is 0.481 e. The number of carbonyl (C=O) groups is 2. The molecule has 0 rings (SSSR count). The van der Waals surface area contributed by atoms with E-state index in [1.807, 2.05) is 0 Å². The zero-order chi connectivity index (χ0) is 13.0. The predicted molar refractivity (Wildman–Crippen MR) is 65.0 cm³/mol. The first kappa shape index (κ1) is 15.3. The van der Waals surface area contributed by atoms with E-state index in [2.05, 4.69) is 33.9 Å². The minimum Gasteiger partial charge on any atom is -0.481 e. The number of ketones is 1. The van der Waals surface area contributed by atoms with Gasteiger partial charge in [0, 0.05) is 13.0 Å². The van der Waals surface area contributed by atoms with Gasteiger partial charge in [-0.2, -0.15) is 0 Å². The third kappa shape index (κ3) is 5.41. The summed E-state index contributed by atoms with van der Waals surface area (Å²) in [6, 6.07) is 0. The molecule has 0 bridgehead atoms. The first-order valence-corrected chi connectivity index (χ1v) is 8.34. The van der Waals surface area contributed by atoms with Crippen LogP contribution in [0.3, 0.4) is 0 Å². The van der Waals surface area contributed by atoms with Crippen LogP contribution in [0.5, 0.6) is 0 Å². The van der Waals surface area contributed by atoms with Gasteiger partial charge < -0.3 is 9.53 Å².